The predicted molar refractivity (Wildman–Crippen MR) is 128 cm³/mol. The van der Waals surface area contributed by atoms with Crippen molar-refractivity contribution in [2.75, 3.05) is 27.9 Å². The highest BCUT2D eigenvalue weighted by Gasteiger charge is 2.38. The van der Waals surface area contributed by atoms with E-state index < -0.39 is 0 Å². The van der Waals surface area contributed by atoms with Gasteiger partial charge in [-0.2, -0.15) is 0 Å². The van der Waals surface area contributed by atoms with Gasteiger partial charge in [0.15, 0.2) is 0 Å². The van der Waals surface area contributed by atoms with E-state index >= 15 is 0 Å². The van der Waals surface area contributed by atoms with E-state index in [2.05, 4.69) is 47.9 Å². The van der Waals surface area contributed by atoms with Gasteiger partial charge < -0.3 is 19.1 Å². The van der Waals surface area contributed by atoms with E-state index in [0.717, 1.165) is 34.2 Å². The number of amidine groups is 1. The Hall–Kier alpha value is -3.73. The van der Waals surface area contributed by atoms with Crippen molar-refractivity contribution in [1.29, 1.82) is 0 Å². The van der Waals surface area contributed by atoms with Gasteiger partial charge in [-0.1, -0.05) is 30.3 Å². The zero-order valence-electron chi connectivity index (χ0n) is 18.7. The van der Waals surface area contributed by atoms with Crippen LogP contribution in [0.25, 0.3) is 0 Å². The van der Waals surface area contributed by atoms with Gasteiger partial charge in [0.05, 0.1) is 27.4 Å². The minimum absolute atomic E-state index is 0.0180. The van der Waals surface area contributed by atoms with E-state index in [1.165, 1.54) is 5.56 Å². The average molecular weight is 429 g/mol. The third-order valence-corrected chi connectivity index (χ3v) is 5.76. The molecule has 164 valence electrons. The van der Waals surface area contributed by atoms with Crippen LogP contribution in [-0.4, -0.2) is 38.6 Å². The van der Waals surface area contributed by atoms with Gasteiger partial charge in [0.2, 0.25) is 0 Å². The highest BCUT2D eigenvalue weighted by molar-refractivity contribution is 6.00. The molecule has 0 bridgehead atoms. The lowest BCUT2D eigenvalue weighted by Crippen LogP contribution is -2.32. The van der Waals surface area contributed by atoms with E-state index in [-0.39, 0.29) is 12.1 Å². The number of methoxy groups -OCH3 is 3. The lowest BCUT2D eigenvalue weighted by Gasteiger charge is -2.30. The molecule has 1 aliphatic rings. The molecule has 0 aromatic heterocycles. The Labute approximate surface area is 189 Å². The van der Waals surface area contributed by atoms with Crippen molar-refractivity contribution in [3.63, 3.8) is 0 Å². The van der Waals surface area contributed by atoms with Crippen LogP contribution in [0.4, 0.5) is 0 Å². The lowest BCUT2D eigenvalue weighted by atomic mass is 9.93. The quantitative estimate of drug-likeness (QED) is 0.448. The number of hydrogen-bond acceptors (Lipinski definition) is 5. The smallest absolute Gasteiger partial charge is 0.132 e. The number of nitrogens with zero attached hydrogens (tertiary/aromatic N) is 2. The first kappa shape index (κ1) is 21.5. The van der Waals surface area contributed by atoms with Crippen LogP contribution >= 0.6 is 0 Å². The lowest BCUT2D eigenvalue weighted by molar-refractivity contribution is 0.336. The molecule has 32 heavy (non-hydrogen) atoms. The molecule has 3 aromatic carbocycles. The Kier molecular flexibility index (Phi) is 6.45. The van der Waals surface area contributed by atoms with Gasteiger partial charge in [0, 0.05) is 12.1 Å². The Morgan fingerprint density at radius 1 is 0.750 bits per heavy atom. The minimum Gasteiger partial charge on any atom is -0.497 e. The van der Waals surface area contributed by atoms with Gasteiger partial charge >= 0.3 is 0 Å². The SMILES string of the molecule is C=CCN1C(c2ccc(OC)cc2)=NC(c2ccc(OC)cc2)C1c1ccc(OC)cc1. The molecular weight excluding hydrogens is 400 g/mol. The molecule has 0 amide bonds. The molecule has 2 unspecified atom stereocenters. The van der Waals surface area contributed by atoms with Crippen molar-refractivity contribution in [3.8, 4) is 17.2 Å². The largest absolute Gasteiger partial charge is 0.497 e. The van der Waals surface area contributed by atoms with Crippen LogP contribution in [-0.2, 0) is 0 Å². The Bertz CT molecular complexity index is 1070. The first-order chi connectivity index (χ1) is 15.7. The fourth-order valence-electron chi connectivity index (χ4n) is 4.12. The summed E-state index contributed by atoms with van der Waals surface area (Å²) in [5.74, 6) is 3.42. The third-order valence-electron chi connectivity index (χ3n) is 5.76. The normalized spacial score (nSPS) is 17.6. The second-order valence-electron chi connectivity index (χ2n) is 7.56. The summed E-state index contributed by atoms with van der Waals surface area (Å²) >= 11 is 0. The van der Waals surface area contributed by atoms with Gasteiger partial charge in [0.25, 0.3) is 0 Å². The molecule has 0 spiro atoms. The molecular formula is C27H28N2O3. The fraction of sp³-hybridized carbons (Fsp3) is 0.222. The minimum atomic E-state index is -0.0775. The summed E-state index contributed by atoms with van der Waals surface area (Å²) in [5, 5.41) is 0. The molecule has 5 heteroatoms. The maximum atomic E-state index is 5.37. The number of aliphatic imine (C=N–C) groups is 1. The van der Waals surface area contributed by atoms with E-state index in [0.29, 0.717) is 6.54 Å². The molecule has 0 saturated carbocycles. The maximum absolute atomic E-state index is 5.37. The van der Waals surface area contributed by atoms with Crippen molar-refractivity contribution in [2.45, 2.75) is 12.1 Å². The Morgan fingerprint density at radius 3 is 1.69 bits per heavy atom. The van der Waals surface area contributed by atoms with E-state index in [1.54, 1.807) is 21.3 Å². The second-order valence-corrected chi connectivity index (χ2v) is 7.56. The molecule has 5 nitrogen and oxygen atoms in total. The summed E-state index contributed by atoms with van der Waals surface area (Å²) in [7, 11) is 5.03. The Balaban J connectivity index is 1.81. The zero-order valence-corrected chi connectivity index (χ0v) is 18.7. The van der Waals surface area contributed by atoms with Crippen molar-refractivity contribution in [3.05, 3.63) is 102 Å². The highest BCUT2D eigenvalue weighted by atomic mass is 16.5. The number of ether oxygens (including phenoxy) is 3. The van der Waals surface area contributed by atoms with E-state index in [9.17, 15) is 0 Å². The number of rotatable bonds is 8. The van der Waals surface area contributed by atoms with Gasteiger partial charge in [0.1, 0.15) is 29.1 Å². The van der Waals surface area contributed by atoms with Crippen molar-refractivity contribution in [1.82, 2.24) is 4.90 Å². The topological polar surface area (TPSA) is 43.3 Å². The second kappa shape index (κ2) is 9.60. The molecule has 3 aromatic rings. The molecule has 0 saturated heterocycles. The molecule has 0 fully saturated rings. The number of benzene rings is 3. The van der Waals surface area contributed by atoms with Crippen LogP contribution in [0.1, 0.15) is 28.8 Å². The first-order valence-electron chi connectivity index (χ1n) is 10.6. The van der Waals surface area contributed by atoms with Gasteiger partial charge in [-0.05, 0) is 59.7 Å². The van der Waals surface area contributed by atoms with Crippen molar-refractivity contribution in [2.24, 2.45) is 4.99 Å². The number of hydrogen-bond donors (Lipinski definition) is 0. The van der Waals surface area contributed by atoms with E-state index in [1.807, 2.05) is 42.5 Å². The standard InChI is InChI=1S/C27H28N2O3/c1-5-18-29-26(20-8-14-23(31-3)15-9-20)25(19-6-12-22(30-2)13-7-19)28-27(29)21-10-16-24(32-4)17-11-21/h5-17,25-26H,1,18H2,2-4H3. The highest BCUT2D eigenvalue weighted by Crippen LogP contribution is 2.44. The van der Waals surface area contributed by atoms with Crippen molar-refractivity contribution < 1.29 is 14.2 Å². The summed E-state index contributed by atoms with van der Waals surface area (Å²) < 4.78 is 16.1. The molecule has 0 N–H and O–H groups in total. The predicted octanol–water partition coefficient (Wildman–Crippen LogP) is 5.44. The molecule has 0 aliphatic carbocycles. The monoisotopic (exact) mass is 428 g/mol. The van der Waals surface area contributed by atoms with Crippen LogP contribution < -0.4 is 14.2 Å². The molecule has 2 atom stereocenters. The average Bonchev–Trinajstić information content (AvgIpc) is 3.23. The molecule has 4 rings (SSSR count). The van der Waals surface area contributed by atoms with Crippen LogP contribution in [0, 0.1) is 0 Å². The molecule has 1 heterocycles. The summed E-state index contributed by atoms with van der Waals surface area (Å²) in [6, 6.07) is 24.3. The first-order valence-corrected chi connectivity index (χ1v) is 10.6. The van der Waals surface area contributed by atoms with Gasteiger partial charge in [-0.3, -0.25) is 4.99 Å². The van der Waals surface area contributed by atoms with Crippen LogP contribution in [0.2, 0.25) is 0 Å². The Morgan fingerprint density at radius 2 is 1.22 bits per heavy atom. The zero-order chi connectivity index (χ0) is 22.5. The van der Waals surface area contributed by atoms with Gasteiger partial charge in [-0.25, -0.2) is 0 Å². The van der Waals surface area contributed by atoms with Crippen LogP contribution in [0.3, 0.4) is 0 Å². The third kappa shape index (κ3) is 4.19. The van der Waals surface area contributed by atoms with E-state index in [4.69, 9.17) is 19.2 Å². The summed E-state index contributed by atoms with van der Waals surface area (Å²) in [4.78, 5) is 7.53. The van der Waals surface area contributed by atoms with Crippen LogP contribution in [0.15, 0.2) is 90.4 Å². The molecule has 0 radical (unpaired) electrons. The van der Waals surface area contributed by atoms with Gasteiger partial charge in [-0.15, -0.1) is 6.58 Å². The summed E-state index contributed by atoms with van der Waals surface area (Å²) in [5.41, 5.74) is 3.34. The summed E-state index contributed by atoms with van der Waals surface area (Å²) in [6.07, 6.45) is 1.92. The fourth-order valence-corrected chi connectivity index (χ4v) is 4.12. The maximum Gasteiger partial charge on any atom is 0.132 e. The summed E-state index contributed by atoms with van der Waals surface area (Å²) in [6.45, 7) is 4.68. The van der Waals surface area contributed by atoms with Crippen LogP contribution in [0.5, 0.6) is 17.2 Å². The van der Waals surface area contributed by atoms with Crippen molar-refractivity contribution >= 4 is 5.84 Å². The molecule has 1 aliphatic heterocycles.